The maximum atomic E-state index is 5.01. The Morgan fingerprint density at radius 1 is 0.862 bits per heavy atom. The number of rotatable bonds is 4. The first-order chi connectivity index (χ1) is 12.8. The topological polar surface area (TPSA) is 12.4 Å². The molecule has 0 fully saturated rings. The number of nitrogens with zero attached hydrogens (tertiary/aromatic N) is 1. The molecule has 0 spiro atoms. The molecule has 0 bridgehead atoms. The molecule has 0 saturated heterocycles. The van der Waals surface area contributed by atoms with E-state index in [9.17, 15) is 0 Å². The molecule has 0 aliphatic carbocycles. The Kier molecular flexibility index (Phi) is 8.86. The number of hydrogen-bond acceptors (Lipinski definition) is 1. The number of para-hydroxylation sites is 1. The Labute approximate surface area is 201 Å². The first-order valence-electron chi connectivity index (χ1n) is 10.6. The molecule has 0 aliphatic rings. The molecule has 0 heterocycles. The summed E-state index contributed by atoms with van der Waals surface area (Å²) in [4.78, 5) is 5.01. The minimum absolute atomic E-state index is 0. The van der Waals surface area contributed by atoms with Crippen molar-refractivity contribution in [1.82, 2.24) is 0 Å². The maximum Gasteiger partial charge on any atom is 0.0699 e. The normalized spacial score (nSPS) is 12.7. The quantitative estimate of drug-likeness (QED) is 0.252. The van der Waals surface area contributed by atoms with Crippen molar-refractivity contribution in [3.8, 4) is 0 Å². The van der Waals surface area contributed by atoms with E-state index in [0.717, 1.165) is 11.3 Å². The second kappa shape index (κ2) is 9.87. The van der Waals surface area contributed by atoms with Crippen molar-refractivity contribution in [2.45, 2.75) is 91.9 Å². The number of hydrogen-bond donors (Lipinski definition) is 0. The Hall–Kier alpha value is -1.01. The third kappa shape index (κ3) is 6.75. The van der Waals surface area contributed by atoms with E-state index < -0.39 is 0 Å². The van der Waals surface area contributed by atoms with Crippen LogP contribution >= 0.6 is 0 Å². The fraction of sp³-hybridized carbons (Fsp3) is 0.519. The SMILES string of the molecule is CC(C)c1cccc(C(C)C)c1N=Cc1[c]c(C(C)(C)C)cc(C(C)(C)C)c1.[Bi].[HH].[HH]. The number of aliphatic imine (C=N–C) groups is 1. The van der Waals surface area contributed by atoms with Gasteiger partial charge in [-0.3, -0.25) is 4.99 Å². The predicted molar refractivity (Wildman–Crippen MR) is 135 cm³/mol. The summed E-state index contributed by atoms with van der Waals surface area (Å²) in [7, 11) is 0. The van der Waals surface area contributed by atoms with Gasteiger partial charge in [-0.1, -0.05) is 93.5 Å². The molecule has 0 atom stereocenters. The molecule has 0 amide bonds. The van der Waals surface area contributed by atoms with Gasteiger partial charge in [0.1, 0.15) is 0 Å². The van der Waals surface area contributed by atoms with Crippen LogP contribution in [0.3, 0.4) is 0 Å². The fourth-order valence-corrected chi connectivity index (χ4v) is 3.29. The van der Waals surface area contributed by atoms with Crippen LogP contribution in [0.5, 0.6) is 0 Å². The predicted octanol–water partition coefficient (Wildman–Crippen LogP) is 8.19. The van der Waals surface area contributed by atoms with Crippen molar-refractivity contribution in [1.29, 1.82) is 0 Å². The molecular weight excluding hydrogens is 547 g/mol. The summed E-state index contributed by atoms with van der Waals surface area (Å²) >= 11 is 0. The Bertz CT molecular complexity index is 798. The fourth-order valence-electron chi connectivity index (χ4n) is 3.29. The molecule has 29 heavy (non-hydrogen) atoms. The summed E-state index contributed by atoms with van der Waals surface area (Å²) in [5.41, 5.74) is 7.53. The van der Waals surface area contributed by atoms with Gasteiger partial charge in [0, 0.05) is 40.8 Å². The van der Waals surface area contributed by atoms with E-state index in [4.69, 9.17) is 4.99 Å². The summed E-state index contributed by atoms with van der Waals surface area (Å²) in [6.45, 7) is 22.5. The summed E-state index contributed by atoms with van der Waals surface area (Å²) in [5, 5.41) is 0. The van der Waals surface area contributed by atoms with Gasteiger partial charge in [0.2, 0.25) is 0 Å². The molecule has 4 radical (unpaired) electrons. The standard InChI is InChI=1S/C27H38N.Bi.2H2/c1-18(2)23-12-11-13-24(19(3)4)25(23)28-17-20-14-21(26(5,6)7)16-22(15-20)27(8,9)10;;;/h11-14,16-19H,1-10H3;;2*1H. The van der Waals surface area contributed by atoms with Crippen molar-refractivity contribution >= 4 is 38.1 Å². The van der Waals surface area contributed by atoms with Crippen molar-refractivity contribution in [2.24, 2.45) is 4.99 Å². The van der Waals surface area contributed by atoms with Crippen LogP contribution in [0.4, 0.5) is 5.69 Å². The average molecular weight is 590 g/mol. The van der Waals surface area contributed by atoms with Crippen molar-refractivity contribution in [3.63, 3.8) is 0 Å². The van der Waals surface area contributed by atoms with Crippen LogP contribution < -0.4 is 0 Å². The van der Waals surface area contributed by atoms with Crippen LogP contribution in [-0.4, -0.2) is 32.4 Å². The van der Waals surface area contributed by atoms with Gasteiger partial charge in [-0.05, 0) is 57.1 Å². The van der Waals surface area contributed by atoms with Crippen LogP contribution in [-0.2, 0) is 10.8 Å². The van der Waals surface area contributed by atoms with Crippen LogP contribution in [0.15, 0.2) is 35.3 Å². The number of benzene rings is 2. The summed E-state index contributed by atoms with van der Waals surface area (Å²) in [6, 6.07) is 14.7. The zero-order valence-corrected chi connectivity index (χ0v) is 23.5. The van der Waals surface area contributed by atoms with Gasteiger partial charge in [0.05, 0.1) is 5.69 Å². The Morgan fingerprint density at radius 3 is 1.79 bits per heavy atom. The Morgan fingerprint density at radius 2 is 1.38 bits per heavy atom. The molecule has 2 heteroatoms. The molecule has 1 nitrogen and oxygen atoms in total. The van der Waals surface area contributed by atoms with Crippen LogP contribution in [0, 0.1) is 6.07 Å². The van der Waals surface area contributed by atoms with Gasteiger partial charge in [-0.25, -0.2) is 0 Å². The first kappa shape index (κ1) is 26.0. The van der Waals surface area contributed by atoms with Crippen molar-refractivity contribution < 1.29 is 2.85 Å². The molecule has 2 aromatic rings. The molecule has 0 unspecified atom stereocenters. The molecule has 0 aliphatic heterocycles. The van der Waals surface area contributed by atoms with Crippen LogP contribution in [0.25, 0.3) is 0 Å². The van der Waals surface area contributed by atoms with Crippen LogP contribution in [0.1, 0.15) is 112 Å². The summed E-state index contributed by atoms with van der Waals surface area (Å²) < 4.78 is 0. The van der Waals surface area contributed by atoms with Gasteiger partial charge in [0.15, 0.2) is 0 Å². The Balaban J connectivity index is 0. The first-order valence-corrected chi connectivity index (χ1v) is 10.6. The molecule has 0 aromatic heterocycles. The third-order valence-electron chi connectivity index (χ3n) is 5.24. The largest absolute Gasteiger partial charge is 0.256 e. The van der Waals surface area contributed by atoms with E-state index in [1.807, 2.05) is 6.21 Å². The van der Waals surface area contributed by atoms with E-state index in [-0.39, 0.29) is 39.9 Å². The van der Waals surface area contributed by atoms with Gasteiger partial charge < -0.3 is 0 Å². The summed E-state index contributed by atoms with van der Waals surface area (Å²) in [5.74, 6) is 0.891. The van der Waals surface area contributed by atoms with Crippen molar-refractivity contribution in [2.75, 3.05) is 0 Å². The molecule has 160 valence electrons. The minimum atomic E-state index is 0. The molecular formula is C27H42BiN. The van der Waals surface area contributed by atoms with E-state index in [0.29, 0.717) is 11.8 Å². The molecule has 0 N–H and O–H groups in total. The smallest absolute Gasteiger partial charge is 0.0699 e. The molecule has 2 rings (SSSR count). The van der Waals surface area contributed by atoms with Crippen LogP contribution in [0.2, 0.25) is 0 Å². The zero-order chi connectivity index (χ0) is 21.3. The van der Waals surface area contributed by atoms with Gasteiger partial charge in [-0.2, -0.15) is 0 Å². The summed E-state index contributed by atoms with van der Waals surface area (Å²) in [6.07, 6.45) is 2.01. The van der Waals surface area contributed by atoms with E-state index in [2.05, 4.69) is 106 Å². The minimum Gasteiger partial charge on any atom is -0.256 e. The van der Waals surface area contributed by atoms with Crippen molar-refractivity contribution in [3.05, 3.63) is 64.2 Å². The van der Waals surface area contributed by atoms with Gasteiger partial charge >= 0.3 is 0 Å². The third-order valence-corrected chi connectivity index (χ3v) is 5.24. The second-order valence-electron chi connectivity index (χ2n) is 10.6. The molecule has 2 aromatic carbocycles. The van der Waals surface area contributed by atoms with Gasteiger partial charge in [-0.15, -0.1) is 0 Å². The average Bonchev–Trinajstić information content (AvgIpc) is 2.57. The maximum absolute atomic E-state index is 5.01. The molecule has 0 saturated carbocycles. The van der Waals surface area contributed by atoms with Gasteiger partial charge in [0.25, 0.3) is 0 Å². The van der Waals surface area contributed by atoms with E-state index >= 15 is 0 Å². The second-order valence-corrected chi connectivity index (χ2v) is 10.6. The van der Waals surface area contributed by atoms with E-state index in [1.165, 1.54) is 22.3 Å². The zero-order valence-electron chi connectivity index (χ0n) is 20.0. The van der Waals surface area contributed by atoms with E-state index in [1.54, 1.807) is 0 Å². The monoisotopic (exact) mass is 589 g/mol.